The fourth-order valence-electron chi connectivity index (χ4n) is 1.23. The number of hydrogen-bond donors (Lipinski definition) is 2. The predicted molar refractivity (Wildman–Crippen MR) is 56.2 cm³/mol. The van der Waals surface area contributed by atoms with Crippen LogP contribution in [0.15, 0.2) is 12.4 Å². The van der Waals surface area contributed by atoms with Crippen LogP contribution in [-0.4, -0.2) is 29.1 Å². The van der Waals surface area contributed by atoms with Gasteiger partial charge < -0.3 is 15.0 Å². The first-order valence-electron chi connectivity index (χ1n) is 5.01. The molecule has 0 bridgehead atoms. The topological polar surface area (TPSA) is 67.0 Å². The zero-order valence-corrected chi connectivity index (χ0v) is 9.28. The standard InChI is InChI=1S/C10H17N3O2/c1-4-8(9-11-5-6-12-9)13-10(14)7(2)15-3/h5-8H,4H2,1-3H3,(H,11,12)(H,13,14). The van der Waals surface area contributed by atoms with Crippen LogP contribution in [-0.2, 0) is 9.53 Å². The third-order valence-electron chi connectivity index (χ3n) is 2.30. The Morgan fingerprint density at radius 1 is 1.73 bits per heavy atom. The number of nitrogens with zero attached hydrogens (tertiary/aromatic N) is 1. The van der Waals surface area contributed by atoms with Gasteiger partial charge in [-0.2, -0.15) is 0 Å². The van der Waals surface area contributed by atoms with Crippen LogP contribution in [0, 0.1) is 0 Å². The zero-order valence-electron chi connectivity index (χ0n) is 9.28. The van der Waals surface area contributed by atoms with Crippen LogP contribution < -0.4 is 5.32 Å². The highest BCUT2D eigenvalue weighted by Crippen LogP contribution is 2.11. The summed E-state index contributed by atoms with van der Waals surface area (Å²) in [5.41, 5.74) is 0. The van der Waals surface area contributed by atoms with Crippen molar-refractivity contribution in [3.63, 3.8) is 0 Å². The van der Waals surface area contributed by atoms with Crippen LogP contribution in [0.4, 0.5) is 0 Å². The number of rotatable bonds is 5. The summed E-state index contributed by atoms with van der Waals surface area (Å²) < 4.78 is 4.93. The number of H-pyrrole nitrogens is 1. The number of aromatic amines is 1. The van der Waals surface area contributed by atoms with Crippen LogP contribution in [0.3, 0.4) is 0 Å². The van der Waals surface area contributed by atoms with Crippen LogP contribution in [0.1, 0.15) is 32.1 Å². The maximum Gasteiger partial charge on any atom is 0.249 e. The number of imidazole rings is 1. The fraction of sp³-hybridized carbons (Fsp3) is 0.600. The molecule has 1 aromatic heterocycles. The smallest absolute Gasteiger partial charge is 0.249 e. The Balaban J connectivity index is 2.58. The molecule has 0 saturated carbocycles. The molecular formula is C10H17N3O2. The maximum absolute atomic E-state index is 11.6. The molecule has 1 rings (SSSR count). The van der Waals surface area contributed by atoms with Gasteiger partial charge in [0.15, 0.2) is 0 Å². The first-order chi connectivity index (χ1) is 7.19. The van der Waals surface area contributed by atoms with Crippen molar-refractivity contribution in [3.05, 3.63) is 18.2 Å². The molecule has 0 aromatic carbocycles. The van der Waals surface area contributed by atoms with E-state index in [1.165, 1.54) is 7.11 Å². The number of amides is 1. The van der Waals surface area contributed by atoms with Crippen LogP contribution in [0.5, 0.6) is 0 Å². The lowest BCUT2D eigenvalue weighted by molar-refractivity contribution is -0.130. The molecule has 0 saturated heterocycles. The van der Waals surface area contributed by atoms with E-state index in [1.807, 2.05) is 6.92 Å². The van der Waals surface area contributed by atoms with Crippen LogP contribution in [0.2, 0.25) is 0 Å². The van der Waals surface area contributed by atoms with Crippen molar-refractivity contribution in [3.8, 4) is 0 Å². The molecule has 2 atom stereocenters. The molecule has 0 aliphatic rings. The van der Waals surface area contributed by atoms with Gasteiger partial charge in [-0.05, 0) is 13.3 Å². The summed E-state index contributed by atoms with van der Waals surface area (Å²) in [4.78, 5) is 18.7. The average molecular weight is 211 g/mol. The number of carbonyl (C=O) groups is 1. The Labute approximate surface area is 89.2 Å². The Morgan fingerprint density at radius 2 is 2.47 bits per heavy atom. The predicted octanol–water partition coefficient (Wildman–Crippen LogP) is 1.01. The highest BCUT2D eigenvalue weighted by molar-refractivity contribution is 5.80. The molecular weight excluding hydrogens is 194 g/mol. The molecule has 15 heavy (non-hydrogen) atoms. The molecule has 0 spiro atoms. The molecule has 1 heterocycles. The third kappa shape index (κ3) is 3.06. The molecule has 1 aromatic rings. The second-order valence-electron chi connectivity index (χ2n) is 3.32. The van der Waals surface area contributed by atoms with Gasteiger partial charge in [-0.3, -0.25) is 4.79 Å². The lowest BCUT2D eigenvalue weighted by Crippen LogP contribution is -2.36. The number of ether oxygens (including phenoxy) is 1. The molecule has 0 fully saturated rings. The summed E-state index contributed by atoms with van der Waals surface area (Å²) in [7, 11) is 1.51. The second kappa shape index (κ2) is 5.50. The van der Waals surface area contributed by atoms with E-state index in [-0.39, 0.29) is 11.9 Å². The molecule has 1 amide bonds. The van der Waals surface area contributed by atoms with Crippen LogP contribution >= 0.6 is 0 Å². The number of hydrogen-bond acceptors (Lipinski definition) is 3. The number of methoxy groups -OCH3 is 1. The SMILES string of the molecule is CCC(NC(=O)C(C)OC)c1ncc[nH]1. The fourth-order valence-corrected chi connectivity index (χ4v) is 1.23. The van der Waals surface area contributed by atoms with Crippen molar-refractivity contribution in [2.75, 3.05) is 7.11 Å². The summed E-state index contributed by atoms with van der Waals surface area (Å²) in [5.74, 6) is 0.648. The molecule has 2 unspecified atom stereocenters. The van der Waals surface area contributed by atoms with Crippen molar-refractivity contribution in [1.29, 1.82) is 0 Å². The normalized spacial score (nSPS) is 14.6. The summed E-state index contributed by atoms with van der Waals surface area (Å²) in [6.07, 6.45) is 3.76. The summed E-state index contributed by atoms with van der Waals surface area (Å²) >= 11 is 0. The molecule has 0 aliphatic carbocycles. The Hall–Kier alpha value is -1.36. The molecule has 5 nitrogen and oxygen atoms in total. The van der Waals surface area contributed by atoms with E-state index in [1.54, 1.807) is 19.3 Å². The Bertz CT molecular complexity index is 298. The second-order valence-corrected chi connectivity index (χ2v) is 3.32. The number of carbonyl (C=O) groups excluding carboxylic acids is 1. The van der Waals surface area contributed by atoms with E-state index in [9.17, 15) is 4.79 Å². The zero-order chi connectivity index (χ0) is 11.3. The molecule has 2 N–H and O–H groups in total. The Morgan fingerprint density at radius 3 is 2.93 bits per heavy atom. The van der Waals surface area contributed by atoms with Crippen LogP contribution in [0.25, 0.3) is 0 Å². The van der Waals surface area contributed by atoms with Crippen molar-refractivity contribution < 1.29 is 9.53 Å². The van der Waals surface area contributed by atoms with Gasteiger partial charge in [0.1, 0.15) is 11.9 Å². The lowest BCUT2D eigenvalue weighted by atomic mass is 10.2. The van der Waals surface area contributed by atoms with Crippen molar-refractivity contribution >= 4 is 5.91 Å². The highest BCUT2D eigenvalue weighted by Gasteiger charge is 2.18. The third-order valence-corrected chi connectivity index (χ3v) is 2.30. The van der Waals surface area contributed by atoms with E-state index in [0.717, 1.165) is 12.2 Å². The number of aromatic nitrogens is 2. The van der Waals surface area contributed by atoms with Gasteiger partial charge in [-0.25, -0.2) is 4.98 Å². The van der Waals surface area contributed by atoms with Gasteiger partial charge in [-0.15, -0.1) is 0 Å². The monoisotopic (exact) mass is 211 g/mol. The molecule has 84 valence electrons. The summed E-state index contributed by atoms with van der Waals surface area (Å²) in [5, 5.41) is 2.86. The number of nitrogens with one attached hydrogen (secondary N) is 2. The first-order valence-corrected chi connectivity index (χ1v) is 5.01. The van der Waals surface area contributed by atoms with Gasteiger partial charge in [0.25, 0.3) is 0 Å². The van der Waals surface area contributed by atoms with E-state index < -0.39 is 6.10 Å². The van der Waals surface area contributed by atoms with Gasteiger partial charge >= 0.3 is 0 Å². The summed E-state index contributed by atoms with van der Waals surface area (Å²) in [6.45, 7) is 3.70. The van der Waals surface area contributed by atoms with Crippen molar-refractivity contribution in [2.24, 2.45) is 0 Å². The van der Waals surface area contributed by atoms with E-state index in [0.29, 0.717) is 0 Å². The lowest BCUT2D eigenvalue weighted by Gasteiger charge is -2.17. The first kappa shape index (κ1) is 11.7. The van der Waals surface area contributed by atoms with E-state index >= 15 is 0 Å². The minimum Gasteiger partial charge on any atom is -0.372 e. The maximum atomic E-state index is 11.6. The van der Waals surface area contributed by atoms with E-state index in [2.05, 4.69) is 15.3 Å². The van der Waals surface area contributed by atoms with E-state index in [4.69, 9.17) is 4.74 Å². The van der Waals surface area contributed by atoms with Gasteiger partial charge in [-0.1, -0.05) is 6.92 Å². The average Bonchev–Trinajstić information content (AvgIpc) is 2.77. The highest BCUT2D eigenvalue weighted by atomic mass is 16.5. The van der Waals surface area contributed by atoms with Gasteiger partial charge in [0.2, 0.25) is 5.91 Å². The van der Waals surface area contributed by atoms with Gasteiger partial charge in [0.05, 0.1) is 6.04 Å². The minimum atomic E-state index is -0.436. The molecule has 0 aliphatic heterocycles. The largest absolute Gasteiger partial charge is 0.372 e. The summed E-state index contributed by atoms with van der Waals surface area (Å²) in [6, 6.07) is -0.0786. The van der Waals surface area contributed by atoms with Gasteiger partial charge in [0, 0.05) is 19.5 Å². The quantitative estimate of drug-likeness (QED) is 0.764. The Kier molecular flexibility index (Phi) is 4.30. The molecule has 5 heteroatoms. The molecule has 0 radical (unpaired) electrons. The van der Waals surface area contributed by atoms with Crippen molar-refractivity contribution in [1.82, 2.24) is 15.3 Å². The minimum absolute atomic E-state index is 0.0786. The van der Waals surface area contributed by atoms with Crippen molar-refractivity contribution in [2.45, 2.75) is 32.4 Å².